The number of benzene rings is 1. The monoisotopic (exact) mass is 271 g/mol. The fourth-order valence-corrected chi connectivity index (χ4v) is 1.50. The fourth-order valence-electron chi connectivity index (χ4n) is 1.31. The minimum atomic E-state index is -0.245. The lowest BCUT2D eigenvalue weighted by Crippen LogP contribution is -2.35. The predicted octanol–water partition coefficient (Wildman–Crippen LogP) is 1.70. The Morgan fingerprint density at radius 3 is 2.89 bits per heavy atom. The molecule has 1 aromatic rings. The zero-order chi connectivity index (χ0) is 13.2. The molecule has 0 unspecified atom stereocenters. The van der Waals surface area contributed by atoms with E-state index in [0.29, 0.717) is 30.4 Å². The molecule has 0 aliphatic rings. The topological polar surface area (TPSA) is 62.4 Å². The molecule has 1 rings (SSSR count). The van der Waals surface area contributed by atoms with Crippen molar-refractivity contribution in [3.63, 3.8) is 0 Å². The minimum Gasteiger partial charge on any atom is -0.383 e. The number of urea groups is 1. The first kappa shape index (κ1) is 14.8. The van der Waals surface area contributed by atoms with E-state index in [1.54, 1.807) is 31.4 Å². The molecule has 6 heteroatoms. The summed E-state index contributed by atoms with van der Waals surface area (Å²) in [5.41, 5.74) is 0.673. The van der Waals surface area contributed by atoms with Gasteiger partial charge in [-0.3, -0.25) is 0 Å². The largest absolute Gasteiger partial charge is 0.383 e. The van der Waals surface area contributed by atoms with Gasteiger partial charge in [-0.1, -0.05) is 17.7 Å². The molecular formula is C12H18ClN3O2. The molecule has 0 heterocycles. The van der Waals surface area contributed by atoms with Crippen LogP contribution in [0.3, 0.4) is 0 Å². The van der Waals surface area contributed by atoms with Gasteiger partial charge in [0.05, 0.1) is 6.61 Å². The summed E-state index contributed by atoms with van der Waals surface area (Å²) in [4.78, 5) is 11.5. The number of carbonyl (C=O) groups excluding carboxylic acids is 1. The van der Waals surface area contributed by atoms with Crippen molar-refractivity contribution in [1.82, 2.24) is 10.6 Å². The molecule has 0 aliphatic carbocycles. The van der Waals surface area contributed by atoms with Crippen molar-refractivity contribution in [2.75, 3.05) is 38.7 Å². The molecule has 0 aliphatic heterocycles. The van der Waals surface area contributed by atoms with Crippen LogP contribution in [0.2, 0.25) is 5.02 Å². The average molecular weight is 272 g/mol. The smallest absolute Gasteiger partial charge is 0.319 e. The number of anilines is 1. The minimum absolute atomic E-state index is 0.245. The molecule has 0 fully saturated rings. The molecule has 0 aromatic heterocycles. The third-order valence-corrected chi connectivity index (χ3v) is 2.39. The number of amides is 2. The Kier molecular flexibility index (Phi) is 7.17. The summed E-state index contributed by atoms with van der Waals surface area (Å²) in [5, 5.41) is 9.15. The van der Waals surface area contributed by atoms with Crippen molar-refractivity contribution in [2.24, 2.45) is 0 Å². The Morgan fingerprint density at radius 1 is 1.33 bits per heavy atom. The molecule has 5 nitrogen and oxygen atoms in total. The highest BCUT2D eigenvalue weighted by molar-refractivity contribution is 6.30. The lowest BCUT2D eigenvalue weighted by atomic mass is 10.3. The SMILES string of the molecule is COCCNCCNC(=O)Nc1cccc(Cl)c1. The van der Waals surface area contributed by atoms with Gasteiger partial charge in [0.2, 0.25) is 0 Å². The van der Waals surface area contributed by atoms with Gasteiger partial charge in [0, 0.05) is 37.5 Å². The van der Waals surface area contributed by atoms with E-state index in [2.05, 4.69) is 16.0 Å². The maximum atomic E-state index is 11.5. The molecule has 0 bridgehead atoms. The Balaban J connectivity index is 2.14. The van der Waals surface area contributed by atoms with Crippen molar-refractivity contribution in [3.8, 4) is 0 Å². The normalized spacial score (nSPS) is 10.1. The standard InChI is InChI=1S/C12H18ClN3O2/c1-18-8-7-14-5-6-15-12(17)16-11-4-2-3-10(13)9-11/h2-4,9,14H,5-8H2,1H3,(H2,15,16,17). The molecule has 0 radical (unpaired) electrons. The maximum Gasteiger partial charge on any atom is 0.319 e. The van der Waals surface area contributed by atoms with Crippen LogP contribution in [0.25, 0.3) is 0 Å². The molecule has 0 spiro atoms. The van der Waals surface area contributed by atoms with E-state index < -0.39 is 0 Å². The van der Waals surface area contributed by atoms with Crippen LogP contribution in [0.1, 0.15) is 0 Å². The second-order valence-corrected chi connectivity index (χ2v) is 4.07. The van der Waals surface area contributed by atoms with Crippen molar-refractivity contribution in [2.45, 2.75) is 0 Å². The van der Waals surface area contributed by atoms with E-state index in [1.165, 1.54) is 0 Å². The first-order valence-corrected chi connectivity index (χ1v) is 6.10. The second kappa shape index (κ2) is 8.74. The molecular weight excluding hydrogens is 254 g/mol. The van der Waals surface area contributed by atoms with Crippen LogP contribution in [0.5, 0.6) is 0 Å². The molecule has 0 saturated heterocycles. The number of hydrogen-bond donors (Lipinski definition) is 3. The number of ether oxygens (including phenoxy) is 1. The highest BCUT2D eigenvalue weighted by atomic mass is 35.5. The van der Waals surface area contributed by atoms with Crippen molar-refractivity contribution < 1.29 is 9.53 Å². The summed E-state index contributed by atoms with van der Waals surface area (Å²) in [5.74, 6) is 0. The maximum absolute atomic E-state index is 11.5. The van der Waals surface area contributed by atoms with Crippen LogP contribution >= 0.6 is 11.6 Å². The number of carbonyl (C=O) groups is 1. The van der Waals surface area contributed by atoms with Gasteiger partial charge in [-0.2, -0.15) is 0 Å². The first-order valence-electron chi connectivity index (χ1n) is 5.72. The zero-order valence-corrected chi connectivity index (χ0v) is 11.1. The lowest BCUT2D eigenvalue weighted by molar-refractivity contribution is 0.199. The van der Waals surface area contributed by atoms with Crippen molar-refractivity contribution in [3.05, 3.63) is 29.3 Å². The Hall–Kier alpha value is -1.30. The Morgan fingerprint density at radius 2 is 2.17 bits per heavy atom. The molecule has 18 heavy (non-hydrogen) atoms. The first-order chi connectivity index (χ1) is 8.72. The van der Waals surface area contributed by atoms with Gasteiger partial charge in [0.25, 0.3) is 0 Å². The summed E-state index contributed by atoms with van der Waals surface area (Å²) in [6.07, 6.45) is 0. The molecule has 2 amide bonds. The van der Waals surface area contributed by atoms with Gasteiger partial charge in [0.1, 0.15) is 0 Å². The third kappa shape index (κ3) is 6.44. The number of methoxy groups -OCH3 is 1. The van der Waals surface area contributed by atoms with Gasteiger partial charge >= 0.3 is 6.03 Å². The Bertz CT molecular complexity index is 374. The average Bonchev–Trinajstić information content (AvgIpc) is 2.33. The van der Waals surface area contributed by atoms with Gasteiger partial charge < -0.3 is 20.7 Å². The third-order valence-electron chi connectivity index (χ3n) is 2.15. The van der Waals surface area contributed by atoms with E-state index in [9.17, 15) is 4.79 Å². The number of hydrogen-bond acceptors (Lipinski definition) is 3. The van der Waals surface area contributed by atoms with Gasteiger partial charge in [0.15, 0.2) is 0 Å². The van der Waals surface area contributed by atoms with Crippen molar-refractivity contribution in [1.29, 1.82) is 0 Å². The van der Waals surface area contributed by atoms with E-state index >= 15 is 0 Å². The van der Waals surface area contributed by atoms with Crippen LogP contribution < -0.4 is 16.0 Å². The summed E-state index contributed by atoms with van der Waals surface area (Å²) in [7, 11) is 1.65. The fraction of sp³-hybridized carbons (Fsp3) is 0.417. The summed E-state index contributed by atoms with van der Waals surface area (Å²) >= 11 is 5.81. The van der Waals surface area contributed by atoms with Crippen LogP contribution in [-0.4, -0.2) is 39.4 Å². The highest BCUT2D eigenvalue weighted by Gasteiger charge is 2.00. The molecule has 0 saturated carbocycles. The van der Waals surface area contributed by atoms with Gasteiger partial charge in [-0.25, -0.2) is 4.79 Å². The highest BCUT2D eigenvalue weighted by Crippen LogP contribution is 2.14. The summed E-state index contributed by atoms with van der Waals surface area (Å²) < 4.78 is 4.89. The quantitative estimate of drug-likeness (QED) is 0.662. The summed E-state index contributed by atoms with van der Waals surface area (Å²) in [6, 6.07) is 6.76. The number of rotatable bonds is 7. The van der Waals surface area contributed by atoms with Gasteiger partial charge in [-0.15, -0.1) is 0 Å². The molecule has 3 N–H and O–H groups in total. The van der Waals surface area contributed by atoms with Crippen LogP contribution in [0.15, 0.2) is 24.3 Å². The van der Waals surface area contributed by atoms with Crippen LogP contribution in [0, 0.1) is 0 Å². The van der Waals surface area contributed by atoms with Crippen molar-refractivity contribution >= 4 is 23.3 Å². The number of nitrogens with one attached hydrogen (secondary N) is 3. The lowest BCUT2D eigenvalue weighted by Gasteiger charge is -2.08. The second-order valence-electron chi connectivity index (χ2n) is 3.63. The van der Waals surface area contributed by atoms with E-state index in [-0.39, 0.29) is 6.03 Å². The van der Waals surface area contributed by atoms with E-state index in [0.717, 1.165) is 6.54 Å². The van der Waals surface area contributed by atoms with Gasteiger partial charge in [-0.05, 0) is 18.2 Å². The van der Waals surface area contributed by atoms with E-state index in [4.69, 9.17) is 16.3 Å². The predicted molar refractivity (Wildman–Crippen MR) is 73.2 cm³/mol. The number of halogens is 1. The van der Waals surface area contributed by atoms with Crippen LogP contribution in [-0.2, 0) is 4.74 Å². The molecule has 1 aromatic carbocycles. The summed E-state index contributed by atoms with van der Waals surface area (Å²) in [6.45, 7) is 2.69. The van der Waals surface area contributed by atoms with Crippen LogP contribution in [0.4, 0.5) is 10.5 Å². The zero-order valence-electron chi connectivity index (χ0n) is 10.3. The Labute approximate surface area is 112 Å². The van der Waals surface area contributed by atoms with E-state index in [1.807, 2.05) is 0 Å². The molecule has 100 valence electrons. The molecule has 0 atom stereocenters.